The summed E-state index contributed by atoms with van der Waals surface area (Å²) in [6.07, 6.45) is 9.29. The summed E-state index contributed by atoms with van der Waals surface area (Å²) in [6.45, 7) is 8.16. The Labute approximate surface area is 75.1 Å². The van der Waals surface area contributed by atoms with Gasteiger partial charge in [0.15, 0.2) is 0 Å². The predicted molar refractivity (Wildman–Crippen MR) is 52.1 cm³/mol. The molecule has 0 amide bonds. The third kappa shape index (κ3) is 2.49. The lowest BCUT2D eigenvalue weighted by atomic mass is 9.86. The molecule has 0 radical (unpaired) electrons. The van der Waals surface area contributed by atoms with E-state index >= 15 is 0 Å². The topological polar surface area (TPSA) is 9.23 Å². The first-order valence-electron chi connectivity index (χ1n) is 4.73. The molecule has 0 aliphatic heterocycles. The van der Waals surface area contributed by atoms with Gasteiger partial charge in [0.05, 0.1) is 12.7 Å². The second kappa shape index (κ2) is 5.15. The fourth-order valence-electron chi connectivity index (χ4n) is 1.79. The lowest BCUT2D eigenvalue weighted by molar-refractivity contribution is 0.0200. The summed E-state index contributed by atoms with van der Waals surface area (Å²) in [5, 5.41) is 0. The average Bonchev–Trinajstić information content (AvgIpc) is 2.15. The Morgan fingerprint density at radius 2 is 2.00 bits per heavy atom. The zero-order valence-electron chi connectivity index (χ0n) is 7.67. The van der Waals surface area contributed by atoms with Crippen LogP contribution in [-0.4, -0.2) is 12.7 Å². The number of ether oxygens (including phenoxy) is 1. The Morgan fingerprint density at radius 1 is 1.25 bits per heavy atom. The van der Waals surface area contributed by atoms with Crippen molar-refractivity contribution < 1.29 is 4.74 Å². The molecular weight excluding hydrogens is 148 g/mol. The molecular formula is C11H18O. The molecule has 0 N–H and O–H groups in total. The molecule has 1 heteroatoms. The monoisotopic (exact) mass is 166 g/mol. The maximum Gasteiger partial charge on any atom is 0.0648 e. The average molecular weight is 166 g/mol. The lowest BCUT2D eigenvalue weighted by Gasteiger charge is -2.28. The van der Waals surface area contributed by atoms with Gasteiger partial charge in [-0.3, -0.25) is 0 Å². The molecule has 1 rings (SSSR count). The van der Waals surface area contributed by atoms with Gasteiger partial charge in [-0.1, -0.05) is 25.0 Å². The second-order valence-corrected chi connectivity index (χ2v) is 3.34. The van der Waals surface area contributed by atoms with Crippen molar-refractivity contribution in [2.24, 2.45) is 5.92 Å². The third-order valence-electron chi connectivity index (χ3n) is 2.48. The van der Waals surface area contributed by atoms with Crippen molar-refractivity contribution in [1.82, 2.24) is 0 Å². The van der Waals surface area contributed by atoms with Crippen molar-refractivity contribution in [1.29, 1.82) is 0 Å². The largest absolute Gasteiger partial charge is 0.374 e. The fraction of sp³-hybridized carbons (Fsp3) is 0.636. The van der Waals surface area contributed by atoms with E-state index in [0.29, 0.717) is 18.6 Å². The van der Waals surface area contributed by atoms with Crippen molar-refractivity contribution in [2.75, 3.05) is 6.61 Å². The Morgan fingerprint density at radius 3 is 2.67 bits per heavy atom. The van der Waals surface area contributed by atoms with Crippen LogP contribution < -0.4 is 0 Å². The summed E-state index contributed by atoms with van der Waals surface area (Å²) in [7, 11) is 0. The summed E-state index contributed by atoms with van der Waals surface area (Å²) in [5.74, 6) is 0.568. The molecule has 0 spiro atoms. The molecule has 0 heterocycles. The van der Waals surface area contributed by atoms with Crippen LogP contribution in [0.4, 0.5) is 0 Å². The molecule has 1 aliphatic rings. The summed E-state index contributed by atoms with van der Waals surface area (Å²) in [4.78, 5) is 0. The van der Waals surface area contributed by atoms with E-state index in [9.17, 15) is 0 Å². The highest BCUT2D eigenvalue weighted by Crippen LogP contribution is 2.27. The van der Waals surface area contributed by atoms with Crippen LogP contribution in [0.1, 0.15) is 25.7 Å². The lowest BCUT2D eigenvalue weighted by Crippen LogP contribution is -2.26. The smallest absolute Gasteiger partial charge is 0.0648 e. The van der Waals surface area contributed by atoms with Gasteiger partial charge in [0.25, 0.3) is 0 Å². The molecule has 12 heavy (non-hydrogen) atoms. The van der Waals surface area contributed by atoms with Crippen molar-refractivity contribution >= 4 is 0 Å². The highest BCUT2D eigenvalue weighted by Gasteiger charge is 2.22. The fourth-order valence-corrected chi connectivity index (χ4v) is 1.79. The van der Waals surface area contributed by atoms with Crippen LogP contribution in [-0.2, 0) is 4.74 Å². The van der Waals surface area contributed by atoms with Crippen LogP contribution in [0, 0.1) is 5.92 Å². The van der Waals surface area contributed by atoms with Crippen LogP contribution in [0.25, 0.3) is 0 Å². The van der Waals surface area contributed by atoms with Gasteiger partial charge in [-0.05, 0) is 12.8 Å². The Hall–Kier alpha value is -0.560. The van der Waals surface area contributed by atoms with E-state index in [-0.39, 0.29) is 0 Å². The van der Waals surface area contributed by atoms with Crippen LogP contribution in [0.2, 0.25) is 0 Å². The SMILES string of the molecule is C=CCO[C@@H]1CCCC[C@H]1C=C. The zero-order valence-corrected chi connectivity index (χ0v) is 7.67. The molecule has 2 atom stereocenters. The van der Waals surface area contributed by atoms with E-state index in [1.165, 1.54) is 25.7 Å². The van der Waals surface area contributed by atoms with Crippen molar-refractivity contribution in [2.45, 2.75) is 31.8 Å². The van der Waals surface area contributed by atoms with Gasteiger partial charge in [0.1, 0.15) is 0 Å². The normalized spacial score (nSPS) is 29.7. The van der Waals surface area contributed by atoms with Crippen molar-refractivity contribution in [3.63, 3.8) is 0 Å². The standard InChI is InChI=1S/C11H18O/c1-3-9-12-11-8-6-5-7-10(11)4-2/h3-4,10-11H,1-2,5-9H2/t10-,11-/m1/s1. The van der Waals surface area contributed by atoms with E-state index in [0.717, 1.165) is 0 Å². The number of hydrogen-bond donors (Lipinski definition) is 0. The van der Waals surface area contributed by atoms with Crippen molar-refractivity contribution in [3.8, 4) is 0 Å². The molecule has 68 valence electrons. The first-order chi connectivity index (χ1) is 5.88. The van der Waals surface area contributed by atoms with Gasteiger partial charge in [-0.25, -0.2) is 0 Å². The molecule has 1 aliphatic carbocycles. The minimum absolute atomic E-state index is 0.397. The third-order valence-corrected chi connectivity index (χ3v) is 2.48. The Bertz CT molecular complexity index is 151. The highest BCUT2D eigenvalue weighted by atomic mass is 16.5. The zero-order chi connectivity index (χ0) is 8.81. The van der Waals surface area contributed by atoms with Gasteiger partial charge in [-0.15, -0.1) is 13.2 Å². The van der Waals surface area contributed by atoms with Crippen LogP contribution >= 0.6 is 0 Å². The second-order valence-electron chi connectivity index (χ2n) is 3.34. The summed E-state index contributed by atoms with van der Waals surface area (Å²) >= 11 is 0. The van der Waals surface area contributed by atoms with Crippen molar-refractivity contribution in [3.05, 3.63) is 25.3 Å². The van der Waals surface area contributed by atoms with Gasteiger partial charge >= 0.3 is 0 Å². The first-order valence-corrected chi connectivity index (χ1v) is 4.73. The maximum absolute atomic E-state index is 5.65. The molecule has 0 unspecified atom stereocenters. The molecule has 1 nitrogen and oxygen atoms in total. The maximum atomic E-state index is 5.65. The van der Waals surface area contributed by atoms with Crippen LogP contribution in [0.5, 0.6) is 0 Å². The van der Waals surface area contributed by atoms with Crippen LogP contribution in [0.15, 0.2) is 25.3 Å². The highest BCUT2D eigenvalue weighted by molar-refractivity contribution is 4.88. The van der Waals surface area contributed by atoms with Gasteiger partial charge in [0, 0.05) is 5.92 Å². The minimum atomic E-state index is 0.397. The molecule has 1 fully saturated rings. The molecule has 0 aromatic carbocycles. The van der Waals surface area contributed by atoms with Gasteiger partial charge in [0.2, 0.25) is 0 Å². The molecule has 0 aromatic heterocycles. The van der Waals surface area contributed by atoms with E-state index in [1.807, 2.05) is 12.2 Å². The first kappa shape index (κ1) is 9.53. The number of hydrogen-bond acceptors (Lipinski definition) is 1. The number of rotatable bonds is 4. The summed E-state index contributed by atoms with van der Waals surface area (Å²) in [5.41, 5.74) is 0. The summed E-state index contributed by atoms with van der Waals surface area (Å²) in [6, 6.07) is 0. The van der Waals surface area contributed by atoms with Gasteiger partial charge < -0.3 is 4.74 Å². The predicted octanol–water partition coefficient (Wildman–Crippen LogP) is 2.93. The van der Waals surface area contributed by atoms with E-state index < -0.39 is 0 Å². The van der Waals surface area contributed by atoms with E-state index in [1.54, 1.807) is 0 Å². The molecule has 0 aromatic rings. The summed E-state index contributed by atoms with van der Waals surface area (Å²) < 4.78 is 5.65. The van der Waals surface area contributed by atoms with E-state index in [2.05, 4.69) is 13.2 Å². The van der Waals surface area contributed by atoms with E-state index in [4.69, 9.17) is 4.74 Å². The minimum Gasteiger partial charge on any atom is -0.374 e. The molecule has 1 saturated carbocycles. The molecule has 0 bridgehead atoms. The molecule has 0 saturated heterocycles. The Balaban J connectivity index is 2.35. The van der Waals surface area contributed by atoms with Crippen LogP contribution in [0.3, 0.4) is 0 Å². The Kier molecular flexibility index (Phi) is 4.09. The quantitative estimate of drug-likeness (QED) is 0.583. The van der Waals surface area contributed by atoms with Gasteiger partial charge in [-0.2, -0.15) is 0 Å².